The standard InChI is InChI=1S/C21H22N4O3/c1-13(2)14-4-3-5-15(8-14)25-20-16-9-17(22)19(10-18(16)23-12-24-20)28-21(26)6-7-27-11-21/h3-5,8-10,12,26H,1,6-7,11,22H2,2H3,(H,23,24,25). The molecule has 1 aliphatic rings. The number of benzene rings is 2. The summed E-state index contributed by atoms with van der Waals surface area (Å²) in [5.74, 6) is -0.363. The van der Waals surface area contributed by atoms with Gasteiger partial charge >= 0.3 is 0 Å². The topological polar surface area (TPSA) is 103 Å². The molecule has 1 aromatic heterocycles. The Morgan fingerprint density at radius 2 is 2.18 bits per heavy atom. The number of allylic oxidation sites excluding steroid dienone is 1. The van der Waals surface area contributed by atoms with Crippen LogP contribution in [-0.2, 0) is 4.74 Å². The Morgan fingerprint density at radius 3 is 2.93 bits per heavy atom. The third kappa shape index (κ3) is 3.62. The van der Waals surface area contributed by atoms with E-state index in [2.05, 4.69) is 21.9 Å². The molecule has 4 rings (SSSR count). The van der Waals surface area contributed by atoms with Crippen molar-refractivity contribution in [3.05, 3.63) is 54.9 Å². The molecule has 7 heteroatoms. The van der Waals surface area contributed by atoms with Gasteiger partial charge in [-0.3, -0.25) is 0 Å². The average molecular weight is 378 g/mol. The van der Waals surface area contributed by atoms with Gasteiger partial charge in [0, 0.05) is 23.6 Å². The number of aliphatic hydroxyl groups is 1. The Bertz CT molecular complexity index is 1050. The average Bonchev–Trinajstić information content (AvgIpc) is 3.09. The van der Waals surface area contributed by atoms with Crippen LogP contribution >= 0.6 is 0 Å². The quantitative estimate of drug-likeness (QED) is 0.461. The van der Waals surface area contributed by atoms with Crippen molar-refractivity contribution in [2.45, 2.75) is 19.1 Å². The van der Waals surface area contributed by atoms with Crippen LogP contribution in [0.2, 0.25) is 0 Å². The Kier molecular flexibility index (Phi) is 4.62. The lowest BCUT2D eigenvalue weighted by molar-refractivity contribution is -0.134. The molecule has 7 nitrogen and oxygen atoms in total. The molecule has 0 radical (unpaired) electrons. The van der Waals surface area contributed by atoms with Gasteiger partial charge in [0.2, 0.25) is 5.79 Å². The molecule has 0 saturated carbocycles. The summed E-state index contributed by atoms with van der Waals surface area (Å²) in [5.41, 5.74) is 10.1. The second kappa shape index (κ2) is 7.10. The van der Waals surface area contributed by atoms with Crippen molar-refractivity contribution in [2.75, 3.05) is 24.3 Å². The molecule has 0 spiro atoms. The van der Waals surface area contributed by atoms with E-state index in [4.69, 9.17) is 15.2 Å². The molecular weight excluding hydrogens is 356 g/mol. The van der Waals surface area contributed by atoms with Crippen LogP contribution in [0.15, 0.2) is 49.3 Å². The predicted molar refractivity (Wildman–Crippen MR) is 109 cm³/mol. The number of aromatic nitrogens is 2. The Labute approximate surface area is 162 Å². The Morgan fingerprint density at radius 1 is 1.32 bits per heavy atom. The fourth-order valence-electron chi connectivity index (χ4n) is 3.11. The molecular formula is C21H22N4O3. The zero-order valence-electron chi connectivity index (χ0n) is 15.6. The number of hydrogen-bond acceptors (Lipinski definition) is 7. The van der Waals surface area contributed by atoms with E-state index >= 15 is 0 Å². The van der Waals surface area contributed by atoms with Gasteiger partial charge in [-0.2, -0.15) is 0 Å². The number of hydrogen-bond donors (Lipinski definition) is 3. The largest absolute Gasteiger partial charge is 0.458 e. The summed E-state index contributed by atoms with van der Waals surface area (Å²) < 4.78 is 10.9. The van der Waals surface area contributed by atoms with E-state index in [0.29, 0.717) is 35.8 Å². The van der Waals surface area contributed by atoms with Gasteiger partial charge in [0.1, 0.15) is 24.5 Å². The first-order chi connectivity index (χ1) is 13.4. The highest BCUT2D eigenvalue weighted by atomic mass is 16.7. The summed E-state index contributed by atoms with van der Waals surface area (Å²) in [4.78, 5) is 8.67. The van der Waals surface area contributed by atoms with Gasteiger partial charge < -0.3 is 25.6 Å². The lowest BCUT2D eigenvalue weighted by atomic mass is 10.1. The van der Waals surface area contributed by atoms with Crippen molar-refractivity contribution in [3.8, 4) is 5.75 Å². The first kappa shape index (κ1) is 18.2. The molecule has 1 aliphatic heterocycles. The maximum absolute atomic E-state index is 10.4. The number of fused-ring (bicyclic) bond motifs is 1. The fraction of sp³-hybridized carbons (Fsp3) is 0.238. The number of rotatable bonds is 5. The Balaban J connectivity index is 1.68. The molecule has 1 unspecified atom stereocenters. The minimum absolute atomic E-state index is 0.111. The minimum Gasteiger partial charge on any atom is -0.458 e. The number of nitrogens with two attached hydrogens (primary N) is 1. The molecule has 0 bridgehead atoms. The lowest BCUT2D eigenvalue weighted by Gasteiger charge is -2.23. The monoisotopic (exact) mass is 378 g/mol. The van der Waals surface area contributed by atoms with Gasteiger partial charge in [-0.05, 0) is 30.7 Å². The van der Waals surface area contributed by atoms with Crippen molar-refractivity contribution in [3.63, 3.8) is 0 Å². The van der Waals surface area contributed by atoms with Crippen molar-refractivity contribution in [1.29, 1.82) is 0 Å². The summed E-state index contributed by atoms with van der Waals surface area (Å²) in [6.07, 6.45) is 1.86. The molecule has 2 heterocycles. The van der Waals surface area contributed by atoms with Crippen LogP contribution in [0, 0.1) is 0 Å². The SMILES string of the molecule is C=C(C)c1cccc(Nc2ncnc3cc(OC4(O)CCOC4)c(N)cc23)c1. The van der Waals surface area contributed by atoms with Gasteiger partial charge in [-0.1, -0.05) is 24.3 Å². The van der Waals surface area contributed by atoms with Crippen molar-refractivity contribution in [2.24, 2.45) is 0 Å². The highest BCUT2D eigenvalue weighted by Gasteiger charge is 2.35. The first-order valence-corrected chi connectivity index (χ1v) is 9.00. The Hall–Kier alpha value is -3.16. The van der Waals surface area contributed by atoms with E-state index in [1.54, 1.807) is 12.1 Å². The van der Waals surface area contributed by atoms with Gasteiger partial charge in [-0.25, -0.2) is 9.97 Å². The third-order valence-electron chi connectivity index (χ3n) is 4.65. The zero-order chi connectivity index (χ0) is 19.7. The third-order valence-corrected chi connectivity index (χ3v) is 4.65. The highest BCUT2D eigenvalue weighted by Crippen LogP contribution is 2.34. The summed E-state index contributed by atoms with van der Waals surface area (Å²) in [7, 11) is 0. The number of nitrogens with zero attached hydrogens (tertiary/aromatic N) is 2. The van der Waals surface area contributed by atoms with Crippen molar-refractivity contribution >= 4 is 33.7 Å². The summed E-state index contributed by atoms with van der Waals surface area (Å²) in [5, 5.41) is 14.5. The van der Waals surface area contributed by atoms with Crippen LogP contribution in [0.25, 0.3) is 16.5 Å². The first-order valence-electron chi connectivity index (χ1n) is 9.00. The number of ether oxygens (including phenoxy) is 2. The fourth-order valence-corrected chi connectivity index (χ4v) is 3.11. The molecule has 1 fully saturated rings. The summed E-state index contributed by atoms with van der Waals surface area (Å²) in [6.45, 7) is 6.50. The molecule has 4 N–H and O–H groups in total. The lowest BCUT2D eigenvalue weighted by Crippen LogP contribution is -2.36. The molecule has 144 valence electrons. The maximum atomic E-state index is 10.4. The minimum atomic E-state index is -1.36. The van der Waals surface area contributed by atoms with Crippen LogP contribution < -0.4 is 15.8 Å². The van der Waals surface area contributed by atoms with Gasteiger partial charge in [0.05, 0.1) is 17.8 Å². The van der Waals surface area contributed by atoms with E-state index in [1.165, 1.54) is 6.33 Å². The van der Waals surface area contributed by atoms with E-state index in [-0.39, 0.29) is 6.61 Å². The number of anilines is 3. The van der Waals surface area contributed by atoms with E-state index in [0.717, 1.165) is 22.2 Å². The van der Waals surface area contributed by atoms with Gasteiger partial charge in [-0.15, -0.1) is 0 Å². The molecule has 1 atom stereocenters. The molecule has 0 amide bonds. The van der Waals surface area contributed by atoms with E-state index < -0.39 is 5.79 Å². The second-order valence-corrected chi connectivity index (χ2v) is 6.97. The van der Waals surface area contributed by atoms with E-state index in [9.17, 15) is 5.11 Å². The second-order valence-electron chi connectivity index (χ2n) is 6.97. The van der Waals surface area contributed by atoms with E-state index in [1.807, 2.05) is 31.2 Å². The molecule has 3 aromatic rings. The van der Waals surface area contributed by atoms with Crippen LogP contribution in [0.1, 0.15) is 18.9 Å². The molecule has 1 saturated heterocycles. The zero-order valence-corrected chi connectivity index (χ0v) is 15.6. The van der Waals surface area contributed by atoms with Crippen LogP contribution in [-0.4, -0.2) is 34.1 Å². The molecule has 28 heavy (non-hydrogen) atoms. The van der Waals surface area contributed by atoms with Crippen LogP contribution in [0.5, 0.6) is 5.75 Å². The van der Waals surface area contributed by atoms with Crippen molar-refractivity contribution < 1.29 is 14.6 Å². The van der Waals surface area contributed by atoms with Gasteiger partial charge in [0.25, 0.3) is 0 Å². The summed E-state index contributed by atoms with van der Waals surface area (Å²) in [6, 6.07) is 11.4. The normalized spacial score (nSPS) is 18.9. The van der Waals surface area contributed by atoms with Crippen LogP contribution in [0.3, 0.4) is 0 Å². The molecule has 2 aromatic carbocycles. The van der Waals surface area contributed by atoms with Gasteiger partial charge in [0.15, 0.2) is 0 Å². The smallest absolute Gasteiger partial charge is 0.234 e. The number of nitrogens with one attached hydrogen (secondary N) is 1. The summed E-state index contributed by atoms with van der Waals surface area (Å²) >= 11 is 0. The number of nitrogen functional groups attached to an aromatic ring is 1. The predicted octanol–water partition coefficient (Wildman–Crippen LogP) is 3.48. The van der Waals surface area contributed by atoms with Crippen molar-refractivity contribution in [1.82, 2.24) is 9.97 Å². The van der Waals surface area contributed by atoms with Crippen LogP contribution in [0.4, 0.5) is 17.2 Å². The molecule has 0 aliphatic carbocycles. The maximum Gasteiger partial charge on any atom is 0.234 e. The highest BCUT2D eigenvalue weighted by molar-refractivity contribution is 5.94.